The predicted molar refractivity (Wildman–Crippen MR) is 101 cm³/mol. The first-order valence-corrected chi connectivity index (χ1v) is 9.19. The first-order valence-electron chi connectivity index (χ1n) is 8.81. The Kier molecular flexibility index (Phi) is 5.00. The number of amides is 1. The molecule has 1 saturated heterocycles. The minimum absolute atomic E-state index is 0.0933. The lowest BCUT2D eigenvalue weighted by Crippen LogP contribution is -2.30. The SMILES string of the molecule is COc1ccc(C(=O)N2CCC[C@H]2c2nc(-c3ccccc3Cl)no2)cc1F. The number of likely N-dealkylation sites (tertiary alicyclic amines) is 1. The molecule has 1 aliphatic rings. The number of hydrogen-bond donors (Lipinski definition) is 0. The summed E-state index contributed by atoms with van der Waals surface area (Å²) >= 11 is 6.19. The Morgan fingerprint density at radius 3 is 2.89 bits per heavy atom. The second-order valence-electron chi connectivity index (χ2n) is 6.44. The van der Waals surface area contributed by atoms with Crippen LogP contribution < -0.4 is 4.74 Å². The number of methoxy groups -OCH3 is 1. The molecule has 1 amide bonds. The van der Waals surface area contributed by atoms with Crippen LogP contribution in [0.2, 0.25) is 5.02 Å². The Balaban J connectivity index is 1.60. The van der Waals surface area contributed by atoms with Gasteiger partial charge in [-0.15, -0.1) is 0 Å². The quantitative estimate of drug-likeness (QED) is 0.643. The summed E-state index contributed by atoms with van der Waals surface area (Å²) in [7, 11) is 1.38. The van der Waals surface area contributed by atoms with Crippen LogP contribution in [0.1, 0.15) is 35.1 Å². The molecule has 0 spiro atoms. The van der Waals surface area contributed by atoms with Crippen LogP contribution in [0.25, 0.3) is 11.4 Å². The van der Waals surface area contributed by atoms with Crippen molar-refractivity contribution >= 4 is 17.5 Å². The van der Waals surface area contributed by atoms with Gasteiger partial charge in [0, 0.05) is 17.7 Å². The van der Waals surface area contributed by atoms with Crippen molar-refractivity contribution in [2.75, 3.05) is 13.7 Å². The van der Waals surface area contributed by atoms with Crippen molar-refractivity contribution in [1.82, 2.24) is 15.0 Å². The Morgan fingerprint density at radius 2 is 2.14 bits per heavy atom. The number of rotatable bonds is 4. The molecule has 0 N–H and O–H groups in total. The van der Waals surface area contributed by atoms with E-state index in [1.807, 2.05) is 12.1 Å². The monoisotopic (exact) mass is 401 g/mol. The molecule has 0 bridgehead atoms. The largest absolute Gasteiger partial charge is 0.494 e. The number of benzene rings is 2. The van der Waals surface area contributed by atoms with Crippen LogP contribution in [0.3, 0.4) is 0 Å². The van der Waals surface area contributed by atoms with Crippen molar-refractivity contribution in [3.63, 3.8) is 0 Å². The second kappa shape index (κ2) is 7.59. The van der Waals surface area contributed by atoms with E-state index in [2.05, 4.69) is 10.1 Å². The smallest absolute Gasteiger partial charge is 0.254 e. The summed E-state index contributed by atoms with van der Waals surface area (Å²) in [5.74, 6) is -0.0645. The fourth-order valence-corrected chi connectivity index (χ4v) is 3.57. The van der Waals surface area contributed by atoms with Gasteiger partial charge in [0.15, 0.2) is 11.6 Å². The fourth-order valence-electron chi connectivity index (χ4n) is 3.35. The molecule has 0 unspecified atom stereocenters. The summed E-state index contributed by atoms with van der Waals surface area (Å²) in [5, 5.41) is 4.53. The summed E-state index contributed by atoms with van der Waals surface area (Å²) in [6.07, 6.45) is 1.48. The van der Waals surface area contributed by atoms with E-state index in [-0.39, 0.29) is 23.3 Å². The molecule has 2 heterocycles. The second-order valence-corrected chi connectivity index (χ2v) is 6.85. The van der Waals surface area contributed by atoms with E-state index in [1.165, 1.54) is 19.2 Å². The molecule has 1 atom stereocenters. The van der Waals surface area contributed by atoms with Gasteiger partial charge in [0.25, 0.3) is 5.91 Å². The highest BCUT2D eigenvalue weighted by Gasteiger charge is 2.35. The highest BCUT2D eigenvalue weighted by atomic mass is 35.5. The average molecular weight is 402 g/mol. The summed E-state index contributed by atoms with van der Waals surface area (Å²) in [4.78, 5) is 19.0. The molecular weight excluding hydrogens is 385 g/mol. The lowest BCUT2D eigenvalue weighted by atomic mass is 10.1. The van der Waals surface area contributed by atoms with Gasteiger partial charge in [0.05, 0.1) is 12.1 Å². The molecule has 6 nitrogen and oxygen atoms in total. The number of aromatic nitrogens is 2. The van der Waals surface area contributed by atoms with Gasteiger partial charge in [-0.1, -0.05) is 28.9 Å². The maximum Gasteiger partial charge on any atom is 0.254 e. The van der Waals surface area contributed by atoms with Gasteiger partial charge in [-0.05, 0) is 43.2 Å². The normalized spacial score (nSPS) is 16.4. The third kappa shape index (κ3) is 3.33. The lowest BCUT2D eigenvalue weighted by molar-refractivity contribution is 0.0709. The zero-order valence-electron chi connectivity index (χ0n) is 15.1. The number of nitrogens with zero attached hydrogens (tertiary/aromatic N) is 3. The van der Waals surface area contributed by atoms with E-state index >= 15 is 0 Å². The molecule has 3 aromatic rings. The van der Waals surface area contributed by atoms with Crippen molar-refractivity contribution in [2.45, 2.75) is 18.9 Å². The zero-order valence-corrected chi connectivity index (χ0v) is 15.8. The van der Waals surface area contributed by atoms with E-state index in [4.69, 9.17) is 20.9 Å². The number of carbonyl (C=O) groups is 1. The van der Waals surface area contributed by atoms with E-state index in [9.17, 15) is 9.18 Å². The molecule has 1 aliphatic heterocycles. The molecule has 0 saturated carbocycles. The van der Waals surface area contributed by atoms with Gasteiger partial charge in [0.2, 0.25) is 11.7 Å². The first kappa shape index (κ1) is 18.4. The zero-order chi connectivity index (χ0) is 19.7. The Labute approximate surface area is 165 Å². The van der Waals surface area contributed by atoms with Gasteiger partial charge < -0.3 is 14.2 Å². The van der Waals surface area contributed by atoms with Crippen molar-refractivity contribution in [1.29, 1.82) is 0 Å². The average Bonchev–Trinajstić information content (AvgIpc) is 3.37. The maximum absolute atomic E-state index is 14.0. The van der Waals surface area contributed by atoms with E-state index < -0.39 is 5.82 Å². The molecule has 1 fully saturated rings. The minimum Gasteiger partial charge on any atom is -0.494 e. The van der Waals surface area contributed by atoms with Crippen LogP contribution in [0.4, 0.5) is 4.39 Å². The Bertz CT molecular complexity index is 1020. The highest BCUT2D eigenvalue weighted by molar-refractivity contribution is 6.33. The third-order valence-corrected chi connectivity index (χ3v) is 5.08. The number of halogens is 2. The molecule has 2 aromatic carbocycles. The molecule has 1 aromatic heterocycles. The van der Waals surface area contributed by atoms with E-state index in [0.717, 1.165) is 6.42 Å². The molecule has 144 valence electrons. The molecule has 8 heteroatoms. The first-order chi connectivity index (χ1) is 13.6. The number of carbonyl (C=O) groups excluding carboxylic acids is 1. The minimum atomic E-state index is -0.581. The van der Waals surface area contributed by atoms with Gasteiger partial charge in [-0.2, -0.15) is 4.98 Å². The van der Waals surface area contributed by atoms with Crippen LogP contribution in [-0.2, 0) is 0 Å². The maximum atomic E-state index is 14.0. The fraction of sp³-hybridized carbons (Fsp3) is 0.250. The highest BCUT2D eigenvalue weighted by Crippen LogP contribution is 2.34. The van der Waals surface area contributed by atoms with Gasteiger partial charge in [0.1, 0.15) is 6.04 Å². The van der Waals surface area contributed by atoms with Gasteiger partial charge in [-0.25, -0.2) is 4.39 Å². The van der Waals surface area contributed by atoms with Gasteiger partial charge >= 0.3 is 0 Å². The van der Waals surface area contributed by atoms with Crippen molar-refractivity contribution in [3.05, 3.63) is 64.8 Å². The van der Waals surface area contributed by atoms with Gasteiger partial charge in [-0.3, -0.25) is 4.79 Å². The van der Waals surface area contributed by atoms with Crippen LogP contribution in [0.5, 0.6) is 5.75 Å². The Morgan fingerprint density at radius 1 is 1.32 bits per heavy atom. The molecule has 0 aliphatic carbocycles. The number of hydrogen-bond acceptors (Lipinski definition) is 5. The standard InChI is InChI=1S/C20H17ClFN3O3/c1-27-17-9-8-12(11-15(17)22)20(26)25-10-4-7-16(25)19-23-18(24-28-19)13-5-2-3-6-14(13)21/h2-3,5-6,8-9,11,16H,4,7,10H2,1H3/t16-/m0/s1. The molecular formula is C20H17ClFN3O3. The van der Waals surface area contributed by atoms with Crippen molar-refractivity contribution in [3.8, 4) is 17.1 Å². The van der Waals surface area contributed by atoms with E-state index in [1.54, 1.807) is 23.1 Å². The van der Waals surface area contributed by atoms with Crippen LogP contribution in [0, 0.1) is 5.82 Å². The third-order valence-electron chi connectivity index (χ3n) is 4.75. The van der Waals surface area contributed by atoms with Crippen LogP contribution in [0.15, 0.2) is 47.0 Å². The molecule has 28 heavy (non-hydrogen) atoms. The van der Waals surface area contributed by atoms with Crippen LogP contribution >= 0.6 is 11.6 Å². The molecule has 0 radical (unpaired) electrons. The van der Waals surface area contributed by atoms with Crippen LogP contribution in [-0.4, -0.2) is 34.6 Å². The summed E-state index contributed by atoms with van der Waals surface area (Å²) in [5.41, 5.74) is 0.906. The summed E-state index contributed by atoms with van der Waals surface area (Å²) in [6.45, 7) is 0.529. The lowest BCUT2D eigenvalue weighted by Gasteiger charge is -2.22. The number of ether oxygens (including phenoxy) is 1. The molecule has 4 rings (SSSR count). The van der Waals surface area contributed by atoms with Crippen molar-refractivity contribution < 1.29 is 18.4 Å². The summed E-state index contributed by atoms with van der Waals surface area (Å²) < 4.78 is 24.3. The van der Waals surface area contributed by atoms with Crippen molar-refractivity contribution in [2.24, 2.45) is 0 Å². The predicted octanol–water partition coefficient (Wildman–Crippen LogP) is 4.52. The summed E-state index contributed by atoms with van der Waals surface area (Å²) in [6, 6.07) is 11.0. The Hall–Kier alpha value is -2.93. The topological polar surface area (TPSA) is 68.5 Å². The van der Waals surface area contributed by atoms with E-state index in [0.29, 0.717) is 35.3 Å².